The van der Waals surface area contributed by atoms with Crippen LogP contribution in [0.2, 0.25) is 5.02 Å². The van der Waals surface area contributed by atoms with Crippen LogP contribution >= 0.6 is 11.6 Å². The second-order valence-electron chi connectivity index (χ2n) is 10.6. The van der Waals surface area contributed by atoms with Crippen molar-refractivity contribution in [2.45, 2.75) is 76.9 Å². The van der Waals surface area contributed by atoms with Crippen LogP contribution in [0.25, 0.3) is 10.8 Å². The van der Waals surface area contributed by atoms with E-state index in [-0.39, 0.29) is 36.7 Å². The molecule has 0 saturated heterocycles. The Morgan fingerprint density at radius 3 is 2.51 bits per heavy atom. The van der Waals surface area contributed by atoms with Gasteiger partial charge in [0.05, 0.1) is 5.69 Å². The molecule has 2 aliphatic rings. The van der Waals surface area contributed by atoms with Crippen LogP contribution in [0.4, 0.5) is 5.69 Å². The smallest absolute Gasteiger partial charge is 0.258 e. The van der Waals surface area contributed by atoms with Gasteiger partial charge in [-0.25, -0.2) is 0 Å². The topological polar surface area (TPSA) is 69.7 Å². The van der Waals surface area contributed by atoms with Crippen molar-refractivity contribution in [3.05, 3.63) is 76.8 Å². The summed E-state index contributed by atoms with van der Waals surface area (Å²) in [6.45, 7) is 2.64. The molecule has 3 aromatic carbocycles. The summed E-state index contributed by atoms with van der Waals surface area (Å²) in [4.78, 5) is 43.8. The van der Waals surface area contributed by atoms with Crippen LogP contribution in [0.15, 0.2) is 60.7 Å². The Morgan fingerprint density at radius 1 is 1.03 bits per heavy atom. The number of nitrogens with zero attached hydrogens (tertiary/aromatic N) is 2. The van der Waals surface area contributed by atoms with Crippen molar-refractivity contribution in [3.63, 3.8) is 0 Å². The molecule has 1 aliphatic heterocycles. The van der Waals surface area contributed by atoms with Gasteiger partial charge in [-0.2, -0.15) is 0 Å². The van der Waals surface area contributed by atoms with E-state index in [2.05, 4.69) is 5.32 Å². The maximum atomic E-state index is 13.7. The number of amides is 3. The molecule has 0 bridgehead atoms. The van der Waals surface area contributed by atoms with Crippen molar-refractivity contribution in [2.75, 3.05) is 11.4 Å². The minimum atomic E-state index is -0.581. The first-order valence-corrected chi connectivity index (χ1v) is 14.5. The lowest BCUT2D eigenvalue weighted by atomic mass is 9.95. The zero-order chi connectivity index (χ0) is 27.4. The number of hydrogen-bond acceptors (Lipinski definition) is 3. The van der Waals surface area contributed by atoms with Crippen molar-refractivity contribution in [3.8, 4) is 0 Å². The highest BCUT2D eigenvalue weighted by Gasteiger charge is 2.32. The maximum absolute atomic E-state index is 13.7. The molecule has 1 saturated carbocycles. The van der Waals surface area contributed by atoms with E-state index in [0.29, 0.717) is 30.0 Å². The Morgan fingerprint density at radius 2 is 1.77 bits per heavy atom. The van der Waals surface area contributed by atoms with Crippen molar-refractivity contribution < 1.29 is 14.4 Å². The number of benzene rings is 3. The fourth-order valence-electron chi connectivity index (χ4n) is 6.01. The summed E-state index contributed by atoms with van der Waals surface area (Å²) in [6.07, 6.45) is 6.66. The fourth-order valence-corrected chi connectivity index (χ4v) is 6.20. The van der Waals surface area contributed by atoms with Crippen LogP contribution in [-0.2, 0) is 16.1 Å². The van der Waals surface area contributed by atoms with Crippen LogP contribution in [0.1, 0.15) is 74.2 Å². The first-order chi connectivity index (χ1) is 19.0. The lowest BCUT2D eigenvalue weighted by molar-refractivity contribution is -0.141. The summed E-state index contributed by atoms with van der Waals surface area (Å²) in [5, 5.41) is 5.80. The number of rotatable bonds is 10. The van der Waals surface area contributed by atoms with Crippen LogP contribution in [0.3, 0.4) is 0 Å². The molecular weight excluding hydrogens is 510 g/mol. The van der Waals surface area contributed by atoms with Gasteiger partial charge in [0.2, 0.25) is 11.8 Å². The highest BCUT2D eigenvalue weighted by Crippen LogP contribution is 2.37. The molecule has 39 heavy (non-hydrogen) atoms. The minimum absolute atomic E-state index is 0.0273. The Kier molecular flexibility index (Phi) is 8.51. The van der Waals surface area contributed by atoms with Crippen LogP contribution < -0.4 is 10.2 Å². The summed E-state index contributed by atoms with van der Waals surface area (Å²) < 4.78 is 0. The maximum Gasteiger partial charge on any atom is 0.258 e. The summed E-state index contributed by atoms with van der Waals surface area (Å²) in [5.74, 6) is -0.231. The third-order valence-corrected chi connectivity index (χ3v) is 8.43. The zero-order valence-corrected chi connectivity index (χ0v) is 23.3. The second kappa shape index (κ2) is 12.2. The second-order valence-corrected chi connectivity index (χ2v) is 11.0. The van der Waals surface area contributed by atoms with Gasteiger partial charge in [-0.3, -0.25) is 14.4 Å². The molecule has 3 amide bonds. The first kappa shape index (κ1) is 27.2. The minimum Gasteiger partial charge on any atom is -0.352 e. The monoisotopic (exact) mass is 545 g/mol. The van der Waals surface area contributed by atoms with Crippen LogP contribution in [0.5, 0.6) is 0 Å². The first-order valence-electron chi connectivity index (χ1n) is 14.1. The van der Waals surface area contributed by atoms with E-state index < -0.39 is 6.04 Å². The molecule has 204 valence electrons. The molecule has 1 aliphatic carbocycles. The van der Waals surface area contributed by atoms with E-state index in [4.69, 9.17) is 11.6 Å². The van der Waals surface area contributed by atoms with E-state index in [1.165, 1.54) is 6.42 Å². The molecule has 1 heterocycles. The quantitative estimate of drug-likeness (QED) is 0.316. The van der Waals surface area contributed by atoms with E-state index in [1.807, 2.05) is 61.5 Å². The van der Waals surface area contributed by atoms with Crippen molar-refractivity contribution >= 4 is 45.8 Å². The Bertz CT molecular complexity index is 1360. The number of carbonyl (C=O) groups excluding carboxylic acids is 3. The standard InChI is InChI=1S/C32H36ClN3O3/c1-2-27(31(38)34-24-14-4-3-5-15-24)36(21-23-11-6-7-17-26(23)33)29(37)19-10-20-35-28-18-9-13-22-12-8-16-25(30(22)28)32(35)39/h6-9,11-13,16-18,24,27H,2-5,10,14-15,19-21H2,1H3,(H,34,38)/t27-/m1/s1. The molecule has 1 fully saturated rings. The predicted octanol–water partition coefficient (Wildman–Crippen LogP) is 6.49. The molecule has 6 nitrogen and oxygen atoms in total. The van der Waals surface area contributed by atoms with Crippen molar-refractivity contribution in [1.29, 1.82) is 0 Å². The Hall–Kier alpha value is -3.38. The largest absolute Gasteiger partial charge is 0.352 e. The molecule has 5 rings (SSSR count). The normalized spacial score (nSPS) is 15.9. The SMILES string of the molecule is CC[C@H](C(=O)NC1CCCCC1)N(Cc1ccccc1Cl)C(=O)CCCN1C(=O)c2cccc3cccc1c23. The lowest BCUT2D eigenvalue weighted by Gasteiger charge is -2.33. The fraction of sp³-hybridized carbons (Fsp3) is 0.406. The van der Waals surface area contributed by atoms with Gasteiger partial charge in [-0.15, -0.1) is 0 Å². The number of nitrogens with one attached hydrogen (secondary N) is 1. The summed E-state index contributed by atoms with van der Waals surface area (Å²) in [6, 6.07) is 18.8. The van der Waals surface area contributed by atoms with E-state index in [0.717, 1.165) is 47.7 Å². The molecule has 0 radical (unpaired) electrons. The van der Waals surface area contributed by atoms with Crippen molar-refractivity contribution in [2.24, 2.45) is 0 Å². The predicted molar refractivity (Wildman–Crippen MR) is 156 cm³/mol. The average molecular weight is 546 g/mol. The molecule has 0 spiro atoms. The molecule has 0 unspecified atom stereocenters. The number of carbonyl (C=O) groups is 3. The van der Waals surface area contributed by atoms with Crippen LogP contribution in [-0.4, -0.2) is 41.2 Å². The van der Waals surface area contributed by atoms with E-state index in [1.54, 1.807) is 15.9 Å². The van der Waals surface area contributed by atoms with Gasteiger partial charge >= 0.3 is 0 Å². The molecule has 0 aromatic heterocycles. The summed E-state index contributed by atoms with van der Waals surface area (Å²) >= 11 is 6.46. The molecule has 3 aromatic rings. The Balaban J connectivity index is 1.30. The highest BCUT2D eigenvalue weighted by atomic mass is 35.5. The van der Waals surface area contributed by atoms with E-state index in [9.17, 15) is 14.4 Å². The van der Waals surface area contributed by atoms with Gasteiger partial charge in [-0.05, 0) is 54.8 Å². The van der Waals surface area contributed by atoms with Gasteiger partial charge in [0.1, 0.15) is 6.04 Å². The average Bonchev–Trinajstić information content (AvgIpc) is 3.22. The lowest BCUT2D eigenvalue weighted by Crippen LogP contribution is -2.51. The molecular formula is C32H36ClN3O3. The zero-order valence-electron chi connectivity index (χ0n) is 22.5. The number of halogens is 1. The van der Waals surface area contributed by atoms with Gasteiger partial charge < -0.3 is 15.1 Å². The highest BCUT2D eigenvalue weighted by molar-refractivity contribution is 6.31. The molecule has 1 atom stereocenters. The summed E-state index contributed by atoms with van der Waals surface area (Å²) in [7, 11) is 0. The summed E-state index contributed by atoms with van der Waals surface area (Å²) in [5.41, 5.74) is 2.42. The third kappa shape index (κ3) is 5.81. The van der Waals surface area contributed by atoms with Gasteiger partial charge in [-0.1, -0.05) is 80.3 Å². The van der Waals surface area contributed by atoms with Gasteiger partial charge in [0.25, 0.3) is 5.91 Å². The molecule has 1 N–H and O–H groups in total. The van der Waals surface area contributed by atoms with Crippen molar-refractivity contribution in [1.82, 2.24) is 10.2 Å². The van der Waals surface area contributed by atoms with E-state index >= 15 is 0 Å². The Labute approximate surface area is 235 Å². The van der Waals surface area contributed by atoms with Gasteiger partial charge in [0.15, 0.2) is 0 Å². The van der Waals surface area contributed by atoms with Gasteiger partial charge in [0, 0.05) is 41.5 Å². The number of hydrogen-bond donors (Lipinski definition) is 1. The molecule has 7 heteroatoms. The number of anilines is 1. The van der Waals surface area contributed by atoms with Crippen LogP contribution in [0, 0.1) is 0 Å². The third-order valence-electron chi connectivity index (χ3n) is 8.06.